The Balaban J connectivity index is 1.59. The van der Waals surface area contributed by atoms with Crippen molar-refractivity contribution in [2.45, 2.75) is 44.7 Å². The van der Waals surface area contributed by atoms with E-state index in [0.29, 0.717) is 18.4 Å². The molecule has 1 atom stereocenters. The van der Waals surface area contributed by atoms with Gasteiger partial charge >= 0.3 is 0 Å². The zero-order valence-corrected chi connectivity index (χ0v) is 14.8. The molecule has 0 saturated heterocycles. The van der Waals surface area contributed by atoms with Crippen molar-refractivity contribution in [1.29, 1.82) is 0 Å². The van der Waals surface area contributed by atoms with Crippen molar-refractivity contribution < 1.29 is 22.8 Å². The fourth-order valence-corrected chi connectivity index (χ4v) is 3.60. The summed E-state index contributed by atoms with van der Waals surface area (Å²) in [6, 6.07) is 4.31. The Labute approximate surface area is 154 Å². The summed E-state index contributed by atoms with van der Waals surface area (Å²) in [5, 5.41) is 5.00. The van der Waals surface area contributed by atoms with Gasteiger partial charge in [-0.1, -0.05) is 18.6 Å². The summed E-state index contributed by atoms with van der Waals surface area (Å²) in [6.45, 7) is -0.0182. The number of carbonyl (C=O) groups excluding carboxylic acids is 2. The number of rotatable bonds is 7. The van der Waals surface area contributed by atoms with E-state index < -0.39 is 29.5 Å². The molecule has 0 radical (unpaired) electrons. The lowest BCUT2D eigenvalue weighted by molar-refractivity contribution is -0.135. The summed E-state index contributed by atoms with van der Waals surface area (Å²) < 4.78 is 41.8. The van der Waals surface area contributed by atoms with E-state index in [0.717, 1.165) is 6.42 Å². The third-order valence-corrected chi connectivity index (χ3v) is 5.65. The molecule has 2 fully saturated rings. The molecule has 4 nitrogen and oxygen atoms in total. The molecule has 0 heterocycles. The molecule has 1 aromatic carbocycles. The number of hydrogen-bond acceptors (Lipinski definition) is 2. The molecule has 0 aromatic heterocycles. The Hall–Kier alpha value is -1.76. The summed E-state index contributed by atoms with van der Waals surface area (Å²) in [5.41, 5.74) is -0.859. The molecule has 2 N–H and O–H groups in total. The molecule has 2 amide bonds. The normalized spacial score (nSPS) is 23.8. The molecule has 142 valence electrons. The molecular weight excluding hydrogens is 369 g/mol. The van der Waals surface area contributed by atoms with Crippen LogP contribution < -0.4 is 10.6 Å². The Morgan fingerprint density at radius 3 is 2.38 bits per heavy atom. The molecule has 2 aliphatic carbocycles. The predicted octanol–water partition coefficient (Wildman–Crippen LogP) is 3.12. The summed E-state index contributed by atoms with van der Waals surface area (Å²) in [4.78, 5) is 23.5. The van der Waals surface area contributed by atoms with Gasteiger partial charge < -0.3 is 10.6 Å². The highest BCUT2D eigenvalue weighted by molar-refractivity contribution is 6.27. The summed E-state index contributed by atoms with van der Waals surface area (Å²) in [6.07, 6.45) is 1.73. The van der Waals surface area contributed by atoms with Gasteiger partial charge in [-0.05, 0) is 30.4 Å². The van der Waals surface area contributed by atoms with E-state index in [1.165, 1.54) is 12.1 Å². The minimum atomic E-state index is -2.97. The van der Waals surface area contributed by atoms with Crippen molar-refractivity contribution in [2.75, 3.05) is 5.88 Å². The number of amides is 2. The quantitative estimate of drug-likeness (QED) is 0.705. The van der Waals surface area contributed by atoms with Crippen LogP contribution in [0.3, 0.4) is 0 Å². The van der Waals surface area contributed by atoms with Crippen LogP contribution in [0.1, 0.15) is 36.8 Å². The number of carbonyl (C=O) groups is 2. The van der Waals surface area contributed by atoms with Gasteiger partial charge in [-0.2, -0.15) is 0 Å². The van der Waals surface area contributed by atoms with Crippen LogP contribution in [0.2, 0.25) is 0 Å². The predicted molar refractivity (Wildman–Crippen MR) is 90.2 cm³/mol. The smallest absolute Gasteiger partial charge is 0.264 e. The van der Waals surface area contributed by atoms with E-state index in [-0.39, 0.29) is 36.4 Å². The monoisotopic (exact) mass is 388 g/mol. The maximum atomic E-state index is 14.2. The lowest BCUT2D eigenvalue weighted by atomic mass is 9.72. The zero-order chi connectivity index (χ0) is 18.9. The average Bonchev–Trinajstić information content (AvgIpc) is 3.12. The molecule has 3 rings (SSSR count). The van der Waals surface area contributed by atoms with E-state index in [2.05, 4.69) is 10.6 Å². The van der Waals surface area contributed by atoms with Crippen LogP contribution >= 0.6 is 11.6 Å². The number of alkyl halides is 3. The third kappa shape index (κ3) is 3.41. The highest BCUT2D eigenvalue weighted by atomic mass is 35.5. The maximum absolute atomic E-state index is 14.2. The molecule has 0 aliphatic heterocycles. The Bertz CT molecular complexity index is 724. The van der Waals surface area contributed by atoms with Gasteiger partial charge in [-0.3, -0.25) is 9.59 Å². The number of halogens is 4. The molecule has 2 aliphatic rings. The Kier molecular flexibility index (Phi) is 5.19. The van der Waals surface area contributed by atoms with Crippen LogP contribution in [-0.2, 0) is 22.7 Å². The van der Waals surface area contributed by atoms with Crippen molar-refractivity contribution in [3.05, 3.63) is 35.1 Å². The zero-order valence-electron chi connectivity index (χ0n) is 14.1. The standard InChI is InChI=1S/C18H20ClF3N2O2/c19-7-15(25)23-8-11-4-5-12(14(20)6-11)9-24-16(26)17(10-18(17,21)22)13-2-1-3-13/h4-6,13H,1-3,7-10H2,(H,23,25)(H,24,26). The first-order chi connectivity index (χ1) is 12.3. The lowest BCUT2D eigenvalue weighted by Crippen LogP contribution is -2.42. The topological polar surface area (TPSA) is 58.2 Å². The third-order valence-electron chi connectivity index (χ3n) is 5.40. The maximum Gasteiger partial charge on any atom is 0.264 e. The lowest BCUT2D eigenvalue weighted by Gasteiger charge is -2.33. The van der Waals surface area contributed by atoms with Gasteiger partial charge in [0.2, 0.25) is 11.8 Å². The van der Waals surface area contributed by atoms with Gasteiger partial charge in [0.05, 0.1) is 0 Å². The van der Waals surface area contributed by atoms with Gasteiger partial charge in [0, 0.05) is 25.1 Å². The largest absolute Gasteiger partial charge is 0.351 e. The van der Waals surface area contributed by atoms with Gasteiger partial charge in [0.1, 0.15) is 17.1 Å². The van der Waals surface area contributed by atoms with Gasteiger partial charge in [0.25, 0.3) is 5.92 Å². The Morgan fingerprint density at radius 2 is 1.88 bits per heavy atom. The molecule has 2 saturated carbocycles. The Morgan fingerprint density at radius 1 is 1.19 bits per heavy atom. The van der Waals surface area contributed by atoms with Crippen molar-refractivity contribution in [2.24, 2.45) is 11.3 Å². The molecular formula is C18H20ClF3N2O2. The number of hydrogen-bond donors (Lipinski definition) is 2. The second-order valence-corrected chi connectivity index (χ2v) is 7.27. The summed E-state index contributed by atoms with van der Waals surface area (Å²) >= 11 is 5.36. The first-order valence-electron chi connectivity index (χ1n) is 8.56. The van der Waals surface area contributed by atoms with Crippen molar-refractivity contribution >= 4 is 23.4 Å². The molecule has 8 heteroatoms. The van der Waals surface area contributed by atoms with E-state index in [1.54, 1.807) is 6.07 Å². The van der Waals surface area contributed by atoms with Gasteiger partial charge in [0.15, 0.2) is 0 Å². The molecule has 1 aromatic rings. The first kappa shape index (κ1) is 19.0. The highest BCUT2D eigenvalue weighted by Gasteiger charge is 2.78. The molecule has 26 heavy (non-hydrogen) atoms. The van der Waals surface area contributed by atoms with E-state index in [4.69, 9.17) is 11.6 Å². The SMILES string of the molecule is O=C(CCl)NCc1ccc(CNC(=O)C2(C3CCC3)CC2(F)F)c(F)c1. The second kappa shape index (κ2) is 7.10. The van der Waals surface area contributed by atoms with Gasteiger partial charge in [-0.25, -0.2) is 13.2 Å². The van der Waals surface area contributed by atoms with Gasteiger partial charge in [-0.15, -0.1) is 11.6 Å². The fourth-order valence-electron chi connectivity index (χ4n) is 3.51. The second-order valence-electron chi connectivity index (χ2n) is 7.00. The van der Waals surface area contributed by atoms with Crippen molar-refractivity contribution in [3.8, 4) is 0 Å². The van der Waals surface area contributed by atoms with Crippen molar-refractivity contribution in [3.63, 3.8) is 0 Å². The minimum absolute atomic E-state index is 0.131. The minimum Gasteiger partial charge on any atom is -0.351 e. The van der Waals surface area contributed by atoms with E-state index in [9.17, 15) is 22.8 Å². The van der Waals surface area contributed by atoms with Crippen LogP contribution in [0.5, 0.6) is 0 Å². The average molecular weight is 389 g/mol. The fraction of sp³-hybridized carbons (Fsp3) is 0.556. The van der Waals surface area contributed by atoms with Crippen LogP contribution in [0.25, 0.3) is 0 Å². The van der Waals surface area contributed by atoms with Crippen molar-refractivity contribution in [1.82, 2.24) is 10.6 Å². The van der Waals surface area contributed by atoms with Crippen LogP contribution in [0.15, 0.2) is 18.2 Å². The number of benzene rings is 1. The van der Waals surface area contributed by atoms with Crippen LogP contribution in [-0.4, -0.2) is 23.6 Å². The van der Waals surface area contributed by atoms with E-state index in [1.807, 2.05) is 0 Å². The molecule has 0 spiro atoms. The van der Waals surface area contributed by atoms with Crippen LogP contribution in [0, 0.1) is 17.2 Å². The first-order valence-corrected chi connectivity index (χ1v) is 9.10. The highest BCUT2D eigenvalue weighted by Crippen LogP contribution is 2.68. The molecule has 0 bridgehead atoms. The van der Waals surface area contributed by atoms with E-state index >= 15 is 0 Å². The molecule has 1 unspecified atom stereocenters. The summed E-state index contributed by atoms with van der Waals surface area (Å²) in [5.74, 6) is -5.05. The summed E-state index contributed by atoms with van der Waals surface area (Å²) in [7, 11) is 0. The van der Waals surface area contributed by atoms with Crippen LogP contribution in [0.4, 0.5) is 13.2 Å². The number of nitrogens with one attached hydrogen (secondary N) is 2.